The molecule has 6 rings (SSSR count). The predicted molar refractivity (Wildman–Crippen MR) is 149 cm³/mol. The van der Waals surface area contributed by atoms with Crippen LogP contribution < -0.4 is 5.32 Å². The lowest BCUT2D eigenvalue weighted by molar-refractivity contribution is 0.0773. The highest BCUT2D eigenvalue weighted by atomic mass is 35.5. The van der Waals surface area contributed by atoms with E-state index in [1.165, 1.54) is 0 Å². The number of halogens is 1. The molecule has 2 aromatic carbocycles. The molecule has 3 heterocycles. The second-order valence-electron chi connectivity index (χ2n) is 9.86. The average Bonchev–Trinajstić information content (AvgIpc) is 3.57. The average molecular weight is 540 g/mol. The number of carbonyl (C=O) groups excluding carboxylic acids is 2. The van der Waals surface area contributed by atoms with Gasteiger partial charge in [0.15, 0.2) is 5.69 Å². The van der Waals surface area contributed by atoms with Crippen LogP contribution >= 0.6 is 11.6 Å². The van der Waals surface area contributed by atoms with Crippen molar-refractivity contribution in [2.24, 2.45) is 0 Å². The highest BCUT2D eigenvalue weighted by Crippen LogP contribution is 2.27. The molecular formula is C30H26ClN5O3. The first-order chi connectivity index (χ1) is 18.9. The van der Waals surface area contributed by atoms with Crippen molar-refractivity contribution in [2.75, 3.05) is 7.05 Å². The number of benzene rings is 2. The maximum absolute atomic E-state index is 13.4. The molecule has 0 fully saturated rings. The molecule has 3 aromatic heterocycles. The molecule has 8 nitrogen and oxygen atoms in total. The molecule has 5 aromatic rings. The van der Waals surface area contributed by atoms with Gasteiger partial charge in [-0.15, -0.1) is 0 Å². The molecule has 39 heavy (non-hydrogen) atoms. The number of carbonyl (C=O) groups is 2. The SMILES string of the molecule is CN(Cc1cccc(-c2ccncc2)c1)C(=O)c1noc2c1CC(NC(=O)c1cc3ccc(Cl)cc3[nH]1)CC2. The Morgan fingerprint density at radius 1 is 1.10 bits per heavy atom. The summed E-state index contributed by atoms with van der Waals surface area (Å²) in [6, 6.07) is 19.1. The number of rotatable bonds is 6. The van der Waals surface area contributed by atoms with Gasteiger partial charge in [0.05, 0.1) is 0 Å². The first kappa shape index (κ1) is 24.9. The van der Waals surface area contributed by atoms with Crippen molar-refractivity contribution in [3.05, 3.63) is 106 Å². The van der Waals surface area contributed by atoms with Crippen LogP contribution in [0.15, 0.2) is 77.6 Å². The second-order valence-corrected chi connectivity index (χ2v) is 10.3. The molecule has 0 spiro atoms. The Morgan fingerprint density at radius 3 is 2.79 bits per heavy atom. The van der Waals surface area contributed by atoms with Gasteiger partial charge in [-0.2, -0.15) is 0 Å². The molecule has 2 N–H and O–H groups in total. The number of H-pyrrole nitrogens is 1. The van der Waals surface area contributed by atoms with Crippen LogP contribution in [-0.4, -0.2) is 44.9 Å². The van der Waals surface area contributed by atoms with Crippen LogP contribution in [-0.2, 0) is 19.4 Å². The van der Waals surface area contributed by atoms with Gasteiger partial charge in [-0.05, 0) is 65.9 Å². The van der Waals surface area contributed by atoms with Crippen molar-refractivity contribution in [1.29, 1.82) is 0 Å². The number of nitrogens with zero attached hydrogens (tertiary/aromatic N) is 3. The lowest BCUT2D eigenvalue weighted by Gasteiger charge is -2.23. The molecule has 0 aliphatic heterocycles. The Hall–Kier alpha value is -4.43. The Bertz CT molecular complexity index is 1680. The number of aryl methyl sites for hydroxylation is 1. The zero-order valence-corrected chi connectivity index (χ0v) is 22.0. The first-order valence-corrected chi connectivity index (χ1v) is 13.1. The predicted octanol–water partition coefficient (Wildman–Crippen LogP) is 5.43. The van der Waals surface area contributed by atoms with E-state index in [9.17, 15) is 9.59 Å². The molecular weight excluding hydrogens is 514 g/mol. The van der Waals surface area contributed by atoms with E-state index in [2.05, 4.69) is 26.5 Å². The first-order valence-electron chi connectivity index (χ1n) is 12.8. The zero-order valence-electron chi connectivity index (χ0n) is 21.3. The summed E-state index contributed by atoms with van der Waals surface area (Å²) >= 11 is 6.07. The number of aromatic amines is 1. The number of amides is 2. The van der Waals surface area contributed by atoms with Crippen molar-refractivity contribution in [1.82, 2.24) is 25.3 Å². The Morgan fingerprint density at radius 2 is 1.95 bits per heavy atom. The fourth-order valence-corrected chi connectivity index (χ4v) is 5.27. The largest absolute Gasteiger partial charge is 0.360 e. The number of pyridine rings is 1. The summed E-state index contributed by atoms with van der Waals surface area (Å²) in [5.74, 6) is 0.289. The van der Waals surface area contributed by atoms with E-state index in [4.69, 9.17) is 16.1 Å². The number of aromatic nitrogens is 3. The molecule has 196 valence electrons. The van der Waals surface area contributed by atoms with E-state index >= 15 is 0 Å². The zero-order chi connectivity index (χ0) is 26.9. The lowest BCUT2D eigenvalue weighted by Crippen LogP contribution is -2.39. The summed E-state index contributed by atoms with van der Waals surface area (Å²) in [5.41, 5.74) is 5.46. The van der Waals surface area contributed by atoms with E-state index < -0.39 is 0 Å². The quantitative estimate of drug-likeness (QED) is 0.299. The van der Waals surface area contributed by atoms with Gasteiger partial charge in [0.2, 0.25) is 0 Å². The normalized spacial score (nSPS) is 14.7. The minimum Gasteiger partial charge on any atom is -0.360 e. The van der Waals surface area contributed by atoms with Gasteiger partial charge < -0.3 is 19.7 Å². The summed E-state index contributed by atoms with van der Waals surface area (Å²) in [6.07, 6.45) is 5.30. The molecule has 0 saturated heterocycles. The van der Waals surface area contributed by atoms with Crippen molar-refractivity contribution in [3.8, 4) is 11.1 Å². The Balaban J connectivity index is 1.14. The van der Waals surface area contributed by atoms with E-state index in [1.807, 2.05) is 42.5 Å². The smallest absolute Gasteiger partial charge is 0.276 e. The molecule has 0 saturated carbocycles. The van der Waals surface area contributed by atoms with E-state index in [-0.39, 0.29) is 17.9 Å². The van der Waals surface area contributed by atoms with Gasteiger partial charge in [0.1, 0.15) is 11.5 Å². The van der Waals surface area contributed by atoms with Crippen LogP contribution in [0, 0.1) is 0 Å². The monoisotopic (exact) mass is 539 g/mol. The highest BCUT2D eigenvalue weighted by Gasteiger charge is 2.31. The maximum Gasteiger partial charge on any atom is 0.276 e. The van der Waals surface area contributed by atoms with Gasteiger partial charge in [-0.3, -0.25) is 14.6 Å². The summed E-state index contributed by atoms with van der Waals surface area (Å²) in [7, 11) is 1.76. The fraction of sp³-hybridized carbons (Fsp3) is 0.200. The molecule has 1 aliphatic rings. The van der Waals surface area contributed by atoms with Gasteiger partial charge in [0, 0.05) is 59.9 Å². The standard InChI is InChI=1S/C30H26ClN5O3/c1-36(17-18-3-2-4-20(13-18)19-9-11-32-12-10-19)30(38)28-24-16-23(7-8-27(24)39-35-28)33-29(37)26-14-21-5-6-22(31)15-25(21)34-26/h2-6,9-15,23,34H,7-8,16-17H2,1H3,(H,33,37). The van der Waals surface area contributed by atoms with Crippen LogP contribution in [0.1, 0.15) is 44.3 Å². The molecule has 0 bridgehead atoms. The van der Waals surface area contributed by atoms with E-state index in [1.54, 1.807) is 36.5 Å². The van der Waals surface area contributed by atoms with Gasteiger partial charge >= 0.3 is 0 Å². The number of fused-ring (bicyclic) bond motifs is 2. The number of hydrogen-bond donors (Lipinski definition) is 2. The summed E-state index contributed by atoms with van der Waals surface area (Å²) in [6.45, 7) is 0.421. The minimum atomic E-state index is -0.214. The Kier molecular flexibility index (Phi) is 6.62. The van der Waals surface area contributed by atoms with Crippen LogP contribution in [0.4, 0.5) is 0 Å². The third kappa shape index (κ3) is 5.15. The third-order valence-electron chi connectivity index (χ3n) is 7.11. The van der Waals surface area contributed by atoms with Gasteiger partial charge in [-0.1, -0.05) is 41.0 Å². The molecule has 1 atom stereocenters. The second kappa shape index (κ2) is 10.4. The number of nitrogens with one attached hydrogen (secondary N) is 2. The highest BCUT2D eigenvalue weighted by molar-refractivity contribution is 6.31. The maximum atomic E-state index is 13.4. The van der Waals surface area contributed by atoms with Crippen molar-refractivity contribution < 1.29 is 14.1 Å². The van der Waals surface area contributed by atoms with Crippen LogP contribution in [0.5, 0.6) is 0 Å². The Labute approximate surface area is 230 Å². The van der Waals surface area contributed by atoms with Crippen LogP contribution in [0.2, 0.25) is 5.02 Å². The molecule has 2 amide bonds. The minimum absolute atomic E-state index is 0.145. The fourth-order valence-electron chi connectivity index (χ4n) is 5.10. The summed E-state index contributed by atoms with van der Waals surface area (Å²) < 4.78 is 5.54. The van der Waals surface area contributed by atoms with Crippen LogP contribution in [0.25, 0.3) is 22.0 Å². The van der Waals surface area contributed by atoms with Crippen molar-refractivity contribution >= 4 is 34.3 Å². The molecule has 0 radical (unpaired) electrons. The molecule has 9 heteroatoms. The summed E-state index contributed by atoms with van der Waals surface area (Å²) in [5, 5.41) is 8.74. The van der Waals surface area contributed by atoms with E-state index in [0.29, 0.717) is 48.0 Å². The topological polar surface area (TPSA) is 104 Å². The number of hydrogen-bond acceptors (Lipinski definition) is 5. The van der Waals surface area contributed by atoms with Crippen LogP contribution in [0.3, 0.4) is 0 Å². The van der Waals surface area contributed by atoms with Gasteiger partial charge in [0.25, 0.3) is 11.8 Å². The molecule has 1 unspecified atom stereocenters. The van der Waals surface area contributed by atoms with Gasteiger partial charge in [-0.25, -0.2) is 0 Å². The van der Waals surface area contributed by atoms with Crippen molar-refractivity contribution in [2.45, 2.75) is 31.8 Å². The summed E-state index contributed by atoms with van der Waals surface area (Å²) in [4.78, 5) is 35.2. The third-order valence-corrected chi connectivity index (χ3v) is 7.35. The lowest BCUT2D eigenvalue weighted by atomic mass is 9.91. The van der Waals surface area contributed by atoms with E-state index in [0.717, 1.165) is 33.2 Å². The molecule has 1 aliphatic carbocycles. The van der Waals surface area contributed by atoms with Crippen molar-refractivity contribution in [3.63, 3.8) is 0 Å².